The smallest absolute Gasteiger partial charge is 0.430 e. The first-order valence-corrected chi connectivity index (χ1v) is 14.6. The molecule has 1 aliphatic rings. The number of hydrogen-bond donors (Lipinski definition) is 0. The van der Waals surface area contributed by atoms with Crippen molar-refractivity contribution in [2.24, 2.45) is 0 Å². The number of alkyl halides is 9. The third kappa shape index (κ3) is 5.68. The third-order valence-corrected chi connectivity index (χ3v) is 11.3. The second kappa shape index (κ2) is 10.2. The van der Waals surface area contributed by atoms with Gasteiger partial charge in [0.05, 0.1) is 0 Å². The molecule has 1 aliphatic heterocycles. The van der Waals surface area contributed by atoms with E-state index in [1.165, 1.54) is 57.2 Å². The first-order valence-electron chi connectivity index (χ1n) is 11.3. The van der Waals surface area contributed by atoms with Crippen LogP contribution in [-0.4, -0.2) is 61.1 Å². The van der Waals surface area contributed by atoms with Gasteiger partial charge in [-0.15, -0.1) is 0 Å². The number of carbonyl (C=O) groups is 1. The fraction of sp³-hybridized carbons (Fsp3) is 0.522. The van der Waals surface area contributed by atoms with Crippen LogP contribution in [0.1, 0.15) is 27.2 Å². The predicted molar refractivity (Wildman–Crippen MR) is 126 cm³/mol. The van der Waals surface area contributed by atoms with E-state index in [0.29, 0.717) is 5.39 Å². The van der Waals surface area contributed by atoms with Gasteiger partial charge in [-0.05, 0) is 44.0 Å². The van der Waals surface area contributed by atoms with E-state index in [9.17, 15) is 52.7 Å². The summed E-state index contributed by atoms with van der Waals surface area (Å²) in [6, 6.07) is 10.0. The van der Waals surface area contributed by atoms with Crippen LogP contribution in [0.15, 0.2) is 47.4 Å². The highest BCUT2D eigenvalue weighted by molar-refractivity contribution is 8.33. The molecule has 0 aliphatic carbocycles. The third-order valence-electron chi connectivity index (χ3n) is 5.68. The highest BCUT2D eigenvalue weighted by Gasteiger charge is 2.86. The Labute approximate surface area is 224 Å². The Bertz CT molecular complexity index is 1370. The van der Waals surface area contributed by atoms with Crippen LogP contribution in [0.4, 0.5) is 44.3 Å². The minimum absolute atomic E-state index is 0.119. The van der Waals surface area contributed by atoms with Crippen LogP contribution in [-0.2, 0) is 23.2 Å². The van der Waals surface area contributed by atoms with Crippen molar-refractivity contribution in [2.45, 2.75) is 67.1 Å². The summed E-state index contributed by atoms with van der Waals surface area (Å²) in [4.78, 5) is 12.0. The lowest BCUT2D eigenvalue weighted by Gasteiger charge is -2.38. The summed E-state index contributed by atoms with van der Waals surface area (Å²) in [6.07, 6.45) is -10.0. The second-order valence-corrected chi connectivity index (χ2v) is 14.6. The van der Waals surface area contributed by atoms with Gasteiger partial charge in [0.2, 0.25) is 0 Å². The standard InChI is InChI=1S/C23H23F9O6S2/c1-19(2,3)37-18(33)36-15-11-12-39(13-15,17-10-6-8-14-7-4-5-9-16(14)17)38-40(34,35)23(31,32)21(26,27)20(24,25)22(28,29)30/h4-10,15H,11-13H2,1-3H3. The maximum Gasteiger partial charge on any atom is 0.509 e. The van der Waals surface area contributed by atoms with E-state index >= 15 is 0 Å². The molecule has 0 amide bonds. The Morgan fingerprint density at radius 2 is 1.45 bits per heavy atom. The molecule has 0 spiro atoms. The number of benzene rings is 2. The van der Waals surface area contributed by atoms with Gasteiger partial charge >= 0.3 is 39.5 Å². The molecule has 2 aromatic carbocycles. The van der Waals surface area contributed by atoms with Crippen molar-refractivity contribution in [3.05, 3.63) is 42.5 Å². The lowest BCUT2D eigenvalue weighted by Crippen LogP contribution is -2.63. The Hall–Kier alpha value is -2.40. The molecule has 0 radical (unpaired) electrons. The van der Waals surface area contributed by atoms with Crippen LogP contribution in [0.5, 0.6) is 0 Å². The molecule has 1 fully saturated rings. The van der Waals surface area contributed by atoms with Crippen LogP contribution in [0.3, 0.4) is 0 Å². The molecule has 0 aromatic heterocycles. The maximum absolute atomic E-state index is 14.6. The highest BCUT2D eigenvalue weighted by Crippen LogP contribution is 2.66. The van der Waals surface area contributed by atoms with Crippen molar-refractivity contribution in [3.63, 3.8) is 0 Å². The first kappa shape index (κ1) is 32.1. The lowest BCUT2D eigenvalue weighted by atomic mass is 10.1. The molecule has 17 heteroatoms. The van der Waals surface area contributed by atoms with Crippen LogP contribution in [0, 0.1) is 0 Å². The van der Waals surface area contributed by atoms with E-state index in [-0.39, 0.29) is 16.7 Å². The van der Waals surface area contributed by atoms with Crippen LogP contribution in [0.2, 0.25) is 0 Å². The van der Waals surface area contributed by atoms with Crippen molar-refractivity contribution in [3.8, 4) is 0 Å². The monoisotopic (exact) mass is 630 g/mol. The average molecular weight is 631 g/mol. The summed E-state index contributed by atoms with van der Waals surface area (Å²) in [6.45, 7) is 4.47. The quantitative estimate of drug-likeness (QED) is 0.234. The highest BCUT2D eigenvalue weighted by atomic mass is 32.3. The van der Waals surface area contributed by atoms with Gasteiger partial charge in [0.15, 0.2) is 0 Å². The van der Waals surface area contributed by atoms with E-state index in [4.69, 9.17) is 9.47 Å². The van der Waals surface area contributed by atoms with Crippen molar-refractivity contribution in [1.29, 1.82) is 0 Å². The van der Waals surface area contributed by atoms with Crippen LogP contribution in [0.25, 0.3) is 10.8 Å². The van der Waals surface area contributed by atoms with Gasteiger partial charge in [-0.1, -0.05) is 46.7 Å². The first-order chi connectivity index (χ1) is 18.0. The summed E-state index contributed by atoms with van der Waals surface area (Å²) in [7, 11) is -10.9. The van der Waals surface area contributed by atoms with E-state index in [1.54, 1.807) is 6.07 Å². The van der Waals surface area contributed by atoms with Crippen LogP contribution >= 0.6 is 10.3 Å². The average Bonchev–Trinajstić information content (AvgIpc) is 3.18. The normalized spacial score (nSPS) is 23.1. The second-order valence-electron chi connectivity index (χ2n) is 9.84. The predicted octanol–water partition coefficient (Wildman–Crippen LogP) is 7.41. The van der Waals surface area contributed by atoms with Gasteiger partial charge in [-0.3, -0.25) is 0 Å². The topological polar surface area (TPSA) is 78.9 Å². The van der Waals surface area contributed by atoms with Gasteiger partial charge in [-0.2, -0.15) is 47.9 Å². The largest absolute Gasteiger partial charge is 0.509 e. The number of carbonyl (C=O) groups excluding carboxylic acids is 1. The molecule has 40 heavy (non-hydrogen) atoms. The molecule has 1 heterocycles. The molecular formula is C23H23F9O6S2. The molecular weight excluding hydrogens is 607 g/mol. The van der Waals surface area contributed by atoms with E-state index in [0.717, 1.165) is 0 Å². The molecule has 2 aromatic rings. The minimum Gasteiger partial charge on any atom is -0.430 e. The van der Waals surface area contributed by atoms with Gasteiger partial charge in [-0.25, -0.2) is 8.42 Å². The Kier molecular flexibility index (Phi) is 8.15. The zero-order valence-electron chi connectivity index (χ0n) is 20.9. The summed E-state index contributed by atoms with van der Waals surface area (Å²) in [5.41, 5.74) is -1.04. The molecule has 3 rings (SSSR count). The van der Waals surface area contributed by atoms with Gasteiger partial charge in [0.1, 0.15) is 11.7 Å². The van der Waals surface area contributed by atoms with E-state index in [1.807, 2.05) is 0 Å². The zero-order valence-corrected chi connectivity index (χ0v) is 22.5. The SMILES string of the molecule is CC(C)(C)OC(=O)OC1CCS(OS(=O)(=O)C(F)(F)C(F)(F)C(F)(F)C(F)(F)F)(c2cccc3ccccc23)C1. The molecule has 226 valence electrons. The number of halogens is 9. The fourth-order valence-electron chi connectivity index (χ4n) is 3.84. The Balaban J connectivity index is 2.11. The number of rotatable bonds is 7. The van der Waals surface area contributed by atoms with Gasteiger partial charge < -0.3 is 9.47 Å². The number of hydrogen-bond acceptors (Lipinski definition) is 6. The summed E-state index contributed by atoms with van der Waals surface area (Å²) in [5, 5.41) is -6.43. The van der Waals surface area contributed by atoms with Crippen molar-refractivity contribution < 1.29 is 65.8 Å². The fourth-order valence-corrected chi connectivity index (χ4v) is 9.74. The zero-order chi connectivity index (χ0) is 30.6. The minimum atomic E-state index is -7.46. The van der Waals surface area contributed by atoms with E-state index < -0.39 is 73.1 Å². The van der Waals surface area contributed by atoms with Gasteiger partial charge in [0.25, 0.3) is 0 Å². The molecule has 0 saturated carbocycles. The van der Waals surface area contributed by atoms with E-state index in [2.05, 4.69) is 3.63 Å². The number of fused-ring (bicyclic) bond motifs is 1. The summed E-state index contributed by atoms with van der Waals surface area (Å²) in [5.74, 6) is -16.1. The van der Waals surface area contributed by atoms with Crippen LogP contribution < -0.4 is 0 Å². The summed E-state index contributed by atoms with van der Waals surface area (Å²) < 4.78 is 162. The van der Waals surface area contributed by atoms with Crippen molar-refractivity contribution in [1.82, 2.24) is 0 Å². The summed E-state index contributed by atoms with van der Waals surface area (Å²) >= 11 is 0. The lowest BCUT2D eigenvalue weighted by molar-refractivity contribution is -0.382. The maximum atomic E-state index is 14.6. The van der Waals surface area contributed by atoms with Gasteiger partial charge in [0, 0.05) is 16.4 Å². The number of ether oxygens (including phenoxy) is 2. The molecule has 0 bridgehead atoms. The Morgan fingerprint density at radius 3 is 2.02 bits per heavy atom. The molecule has 2 unspecified atom stereocenters. The van der Waals surface area contributed by atoms with Crippen molar-refractivity contribution >= 4 is 37.4 Å². The molecule has 2 atom stereocenters. The molecule has 6 nitrogen and oxygen atoms in total. The Morgan fingerprint density at radius 1 is 0.875 bits per heavy atom. The molecule has 1 saturated heterocycles. The van der Waals surface area contributed by atoms with Crippen molar-refractivity contribution in [2.75, 3.05) is 11.5 Å². The molecule has 0 N–H and O–H groups in total.